The normalized spacial score (nSPS) is 15.8. The SMILES string of the molecule is N#CCOc1cc(/C=C/c2cccc(-c3ccccc3)c2C#N)c(CN2CCCCC2C=O)cc1Cl. The van der Waals surface area contributed by atoms with Gasteiger partial charge < -0.3 is 9.53 Å². The van der Waals surface area contributed by atoms with Gasteiger partial charge in [0.15, 0.2) is 6.61 Å². The monoisotopic (exact) mass is 495 g/mol. The average molecular weight is 496 g/mol. The van der Waals surface area contributed by atoms with Crippen molar-refractivity contribution in [2.24, 2.45) is 0 Å². The Balaban J connectivity index is 1.73. The van der Waals surface area contributed by atoms with E-state index in [0.29, 0.717) is 22.9 Å². The lowest BCUT2D eigenvalue weighted by molar-refractivity contribution is -0.113. The van der Waals surface area contributed by atoms with E-state index in [1.54, 1.807) is 0 Å². The summed E-state index contributed by atoms with van der Waals surface area (Å²) in [7, 11) is 0. The van der Waals surface area contributed by atoms with Crippen LogP contribution in [0.2, 0.25) is 5.02 Å². The predicted molar refractivity (Wildman–Crippen MR) is 142 cm³/mol. The van der Waals surface area contributed by atoms with E-state index < -0.39 is 0 Å². The molecule has 0 radical (unpaired) electrons. The number of likely N-dealkylation sites (tertiary alicyclic amines) is 1. The van der Waals surface area contributed by atoms with Crippen LogP contribution < -0.4 is 4.74 Å². The van der Waals surface area contributed by atoms with Crippen molar-refractivity contribution >= 4 is 30.0 Å². The zero-order chi connectivity index (χ0) is 25.3. The molecule has 1 aliphatic heterocycles. The molecule has 1 unspecified atom stereocenters. The fraction of sp³-hybridized carbons (Fsp3) is 0.233. The first kappa shape index (κ1) is 25.2. The molecule has 4 rings (SSSR count). The molecule has 5 nitrogen and oxygen atoms in total. The van der Waals surface area contributed by atoms with Crippen molar-refractivity contribution < 1.29 is 9.53 Å². The van der Waals surface area contributed by atoms with Gasteiger partial charge >= 0.3 is 0 Å². The second-order valence-corrected chi connectivity index (χ2v) is 9.09. The van der Waals surface area contributed by atoms with Gasteiger partial charge in [0.2, 0.25) is 0 Å². The van der Waals surface area contributed by atoms with Gasteiger partial charge in [-0.1, -0.05) is 78.7 Å². The van der Waals surface area contributed by atoms with E-state index in [2.05, 4.69) is 11.0 Å². The second kappa shape index (κ2) is 12.2. The minimum atomic E-state index is -0.114. The molecule has 36 heavy (non-hydrogen) atoms. The Labute approximate surface area is 216 Å². The highest BCUT2D eigenvalue weighted by Gasteiger charge is 2.23. The lowest BCUT2D eigenvalue weighted by Gasteiger charge is -2.32. The van der Waals surface area contributed by atoms with Crippen LogP contribution in [0.15, 0.2) is 60.7 Å². The summed E-state index contributed by atoms with van der Waals surface area (Å²) >= 11 is 6.49. The molecular weight excluding hydrogens is 470 g/mol. The number of hydrogen-bond acceptors (Lipinski definition) is 5. The zero-order valence-electron chi connectivity index (χ0n) is 19.9. The minimum absolute atomic E-state index is 0.112. The Bertz CT molecular complexity index is 1340. The number of carbonyl (C=O) groups excluding carboxylic acids is 1. The first-order valence-electron chi connectivity index (χ1n) is 11.9. The van der Waals surface area contributed by atoms with Gasteiger partial charge in [-0.05, 0) is 53.8 Å². The van der Waals surface area contributed by atoms with Crippen LogP contribution in [-0.2, 0) is 11.3 Å². The van der Waals surface area contributed by atoms with E-state index in [9.17, 15) is 10.1 Å². The minimum Gasteiger partial charge on any atom is -0.477 e. The van der Waals surface area contributed by atoms with E-state index in [1.165, 1.54) is 0 Å². The van der Waals surface area contributed by atoms with Crippen LogP contribution in [0, 0.1) is 22.7 Å². The van der Waals surface area contributed by atoms with E-state index >= 15 is 0 Å². The highest BCUT2D eigenvalue weighted by Crippen LogP contribution is 2.32. The Hall–Kier alpha value is -3.90. The first-order valence-corrected chi connectivity index (χ1v) is 12.3. The molecule has 1 aliphatic rings. The lowest BCUT2D eigenvalue weighted by Crippen LogP contribution is -2.40. The topological polar surface area (TPSA) is 77.1 Å². The van der Waals surface area contributed by atoms with Gasteiger partial charge in [0.05, 0.1) is 16.6 Å². The summed E-state index contributed by atoms with van der Waals surface area (Å²) < 4.78 is 5.54. The third-order valence-corrected chi connectivity index (χ3v) is 6.71. The molecule has 0 bridgehead atoms. The number of benzene rings is 3. The van der Waals surface area contributed by atoms with Crippen LogP contribution in [0.1, 0.15) is 41.5 Å². The van der Waals surface area contributed by atoms with Gasteiger partial charge in [0.25, 0.3) is 0 Å². The summed E-state index contributed by atoms with van der Waals surface area (Å²) in [5, 5.41) is 19.3. The average Bonchev–Trinajstić information content (AvgIpc) is 2.92. The first-order chi connectivity index (χ1) is 17.6. The summed E-state index contributed by atoms with van der Waals surface area (Å²) in [6.45, 7) is 1.30. The predicted octanol–water partition coefficient (Wildman–Crippen LogP) is 6.50. The van der Waals surface area contributed by atoms with E-state index in [0.717, 1.165) is 59.9 Å². The van der Waals surface area contributed by atoms with Crippen LogP contribution in [-0.4, -0.2) is 30.4 Å². The maximum absolute atomic E-state index is 11.7. The number of halogens is 1. The van der Waals surface area contributed by atoms with Gasteiger partial charge in [-0.2, -0.15) is 10.5 Å². The highest BCUT2D eigenvalue weighted by atomic mass is 35.5. The molecule has 1 fully saturated rings. The summed E-state index contributed by atoms with van der Waals surface area (Å²) in [6.07, 6.45) is 7.82. The maximum Gasteiger partial charge on any atom is 0.174 e. The summed E-state index contributed by atoms with van der Waals surface area (Å²) in [5.74, 6) is 0.422. The molecule has 0 saturated carbocycles. The van der Waals surface area contributed by atoms with E-state index in [4.69, 9.17) is 21.6 Å². The molecule has 1 saturated heterocycles. The van der Waals surface area contributed by atoms with Gasteiger partial charge in [0, 0.05) is 12.1 Å². The van der Waals surface area contributed by atoms with Crippen molar-refractivity contribution in [3.8, 4) is 29.0 Å². The maximum atomic E-state index is 11.7. The van der Waals surface area contributed by atoms with Crippen LogP contribution in [0.3, 0.4) is 0 Å². The molecule has 0 N–H and O–H groups in total. The Morgan fingerprint density at radius 3 is 2.58 bits per heavy atom. The molecule has 6 heteroatoms. The van der Waals surface area contributed by atoms with Gasteiger partial charge in [-0.3, -0.25) is 4.90 Å². The summed E-state index contributed by atoms with van der Waals surface area (Å²) in [4.78, 5) is 13.8. The largest absolute Gasteiger partial charge is 0.477 e. The number of ether oxygens (including phenoxy) is 1. The molecule has 0 aromatic heterocycles. The third-order valence-electron chi connectivity index (χ3n) is 6.42. The molecule has 3 aromatic carbocycles. The molecule has 0 aliphatic carbocycles. The van der Waals surface area contributed by atoms with Crippen molar-refractivity contribution in [1.82, 2.24) is 4.90 Å². The van der Waals surface area contributed by atoms with Crippen LogP contribution in [0.4, 0.5) is 0 Å². The molecular formula is C30H26ClN3O2. The van der Waals surface area contributed by atoms with Gasteiger partial charge in [-0.25, -0.2) is 0 Å². The van der Waals surface area contributed by atoms with Crippen molar-refractivity contribution in [2.75, 3.05) is 13.2 Å². The number of carbonyl (C=O) groups is 1. The smallest absolute Gasteiger partial charge is 0.174 e. The number of nitrogens with zero attached hydrogens (tertiary/aromatic N) is 3. The van der Waals surface area contributed by atoms with E-state index in [-0.39, 0.29) is 12.6 Å². The van der Waals surface area contributed by atoms with Crippen molar-refractivity contribution in [1.29, 1.82) is 10.5 Å². The number of hydrogen-bond donors (Lipinski definition) is 0. The highest BCUT2D eigenvalue weighted by molar-refractivity contribution is 6.32. The fourth-order valence-corrected chi connectivity index (χ4v) is 4.82. The number of piperidine rings is 1. The van der Waals surface area contributed by atoms with Crippen LogP contribution >= 0.6 is 11.6 Å². The summed E-state index contributed by atoms with van der Waals surface area (Å²) in [5.41, 5.74) is 5.05. The number of rotatable bonds is 8. The third kappa shape index (κ3) is 5.83. The van der Waals surface area contributed by atoms with Crippen LogP contribution in [0.25, 0.3) is 23.3 Å². The molecule has 0 spiro atoms. The molecule has 180 valence electrons. The van der Waals surface area contributed by atoms with E-state index in [1.807, 2.05) is 78.9 Å². The van der Waals surface area contributed by atoms with Crippen molar-refractivity contribution in [3.63, 3.8) is 0 Å². The fourth-order valence-electron chi connectivity index (χ4n) is 4.58. The quantitative estimate of drug-likeness (QED) is 0.263. The number of nitriles is 2. The standard InChI is InChI=1S/C30H26ClN3O2/c31-29-17-25(20-34-15-5-4-10-26(34)21-35)24(18-30(29)36-16-14-32)13-12-23-9-6-11-27(28(23)19-33)22-7-2-1-3-8-22/h1-3,6-9,11-13,17-18,21,26H,4-5,10,15-16,20H2/b13-12+. The Kier molecular flexibility index (Phi) is 8.53. The summed E-state index contributed by atoms with van der Waals surface area (Å²) in [6, 6.07) is 23.5. The second-order valence-electron chi connectivity index (χ2n) is 8.68. The Morgan fingerprint density at radius 2 is 1.83 bits per heavy atom. The van der Waals surface area contributed by atoms with Crippen LogP contribution in [0.5, 0.6) is 5.75 Å². The molecule has 1 heterocycles. The lowest BCUT2D eigenvalue weighted by atomic mass is 9.95. The van der Waals surface area contributed by atoms with Crippen molar-refractivity contribution in [3.05, 3.63) is 87.9 Å². The van der Waals surface area contributed by atoms with Crippen molar-refractivity contribution in [2.45, 2.75) is 31.8 Å². The van der Waals surface area contributed by atoms with Gasteiger partial charge in [0.1, 0.15) is 24.2 Å². The molecule has 3 aromatic rings. The molecule has 1 atom stereocenters. The number of aldehydes is 1. The molecule has 0 amide bonds. The Morgan fingerprint density at radius 1 is 1.03 bits per heavy atom. The zero-order valence-corrected chi connectivity index (χ0v) is 20.6. The van der Waals surface area contributed by atoms with Gasteiger partial charge in [-0.15, -0.1) is 0 Å².